The van der Waals surface area contributed by atoms with Gasteiger partial charge in [0.15, 0.2) is 0 Å². The van der Waals surface area contributed by atoms with Crippen molar-refractivity contribution >= 4 is 18.3 Å². The molecule has 6 heteroatoms. The molecule has 0 bridgehead atoms. The van der Waals surface area contributed by atoms with Crippen LogP contribution in [-0.2, 0) is 9.53 Å². The zero-order valence-corrected chi connectivity index (χ0v) is 12.0. The van der Waals surface area contributed by atoms with Gasteiger partial charge < -0.3 is 20.7 Å². The maximum atomic E-state index is 10.8. The molecule has 1 saturated heterocycles. The second-order valence-electron chi connectivity index (χ2n) is 4.62. The summed E-state index contributed by atoms with van der Waals surface area (Å²) in [7, 11) is 0. The summed E-state index contributed by atoms with van der Waals surface area (Å²) in [4.78, 5) is 13.2. The molecular weight excluding hydrogens is 254 g/mol. The van der Waals surface area contributed by atoms with E-state index in [0.717, 1.165) is 45.6 Å². The molecule has 0 aromatic carbocycles. The first-order chi connectivity index (χ1) is 8.22. The molecule has 0 radical (unpaired) electrons. The topological polar surface area (TPSA) is 67.6 Å². The van der Waals surface area contributed by atoms with Gasteiger partial charge in [0.1, 0.15) is 0 Å². The third kappa shape index (κ3) is 7.87. The fourth-order valence-corrected chi connectivity index (χ4v) is 2.08. The van der Waals surface area contributed by atoms with Gasteiger partial charge in [-0.3, -0.25) is 4.79 Å². The van der Waals surface area contributed by atoms with E-state index in [1.165, 1.54) is 0 Å². The largest absolute Gasteiger partial charge is 0.379 e. The third-order valence-corrected chi connectivity index (χ3v) is 3.16. The lowest BCUT2D eigenvalue weighted by Crippen LogP contribution is -2.39. The van der Waals surface area contributed by atoms with Crippen LogP contribution in [0.25, 0.3) is 0 Å². The number of amides is 1. The number of hydrogen-bond acceptors (Lipinski definition) is 4. The predicted octanol–water partition coefficient (Wildman–Crippen LogP) is 0.232. The van der Waals surface area contributed by atoms with Crippen LogP contribution >= 0.6 is 12.4 Å². The first-order valence-corrected chi connectivity index (χ1v) is 6.47. The Labute approximate surface area is 116 Å². The van der Waals surface area contributed by atoms with E-state index in [1.54, 1.807) is 6.92 Å². The summed E-state index contributed by atoms with van der Waals surface area (Å²) in [5.74, 6) is 0.711. The molecule has 18 heavy (non-hydrogen) atoms. The fourth-order valence-electron chi connectivity index (χ4n) is 2.08. The molecule has 1 amide bonds. The molecule has 0 aromatic rings. The molecule has 108 valence electrons. The Hall–Kier alpha value is -0.360. The number of piperidine rings is 1. The lowest BCUT2D eigenvalue weighted by atomic mass is 9.97. The number of halogens is 1. The molecule has 1 heterocycles. The van der Waals surface area contributed by atoms with Crippen molar-refractivity contribution in [1.29, 1.82) is 0 Å². The molecule has 1 fully saturated rings. The molecule has 0 aliphatic carbocycles. The molecule has 0 spiro atoms. The average Bonchev–Trinajstić information content (AvgIpc) is 2.33. The minimum atomic E-state index is 0. The van der Waals surface area contributed by atoms with Gasteiger partial charge in [-0.05, 0) is 31.8 Å². The Morgan fingerprint density at radius 2 is 2.06 bits per heavy atom. The van der Waals surface area contributed by atoms with Gasteiger partial charge in [0.2, 0.25) is 5.91 Å². The van der Waals surface area contributed by atoms with Crippen LogP contribution < -0.4 is 11.1 Å². The van der Waals surface area contributed by atoms with E-state index in [1.807, 2.05) is 0 Å². The normalized spacial score (nSPS) is 17.2. The number of nitrogens with zero attached hydrogens (tertiary/aromatic N) is 1. The Morgan fingerprint density at radius 1 is 1.39 bits per heavy atom. The van der Waals surface area contributed by atoms with Crippen molar-refractivity contribution in [2.24, 2.45) is 11.7 Å². The van der Waals surface area contributed by atoms with Crippen molar-refractivity contribution in [3.63, 3.8) is 0 Å². The van der Waals surface area contributed by atoms with Crippen molar-refractivity contribution in [3.8, 4) is 0 Å². The number of nitrogens with two attached hydrogens (primary N) is 1. The number of likely N-dealkylation sites (tertiary alicyclic amines) is 1. The molecule has 0 saturated carbocycles. The van der Waals surface area contributed by atoms with E-state index in [2.05, 4.69) is 10.2 Å². The average molecular weight is 280 g/mol. The quantitative estimate of drug-likeness (QED) is 0.655. The summed E-state index contributed by atoms with van der Waals surface area (Å²) < 4.78 is 5.37. The first kappa shape index (κ1) is 17.6. The summed E-state index contributed by atoms with van der Waals surface area (Å²) in [5.41, 5.74) is 5.35. The van der Waals surface area contributed by atoms with Crippen LogP contribution in [0.15, 0.2) is 0 Å². The van der Waals surface area contributed by atoms with Crippen LogP contribution in [0.4, 0.5) is 0 Å². The van der Waals surface area contributed by atoms with Gasteiger partial charge in [-0.15, -0.1) is 12.4 Å². The number of ether oxygens (including phenoxy) is 1. The monoisotopic (exact) mass is 279 g/mol. The number of carbonyl (C=O) groups excluding carboxylic acids is 1. The van der Waals surface area contributed by atoms with Gasteiger partial charge in [-0.2, -0.15) is 0 Å². The molecular formula is C12H26ClN3O2. The van der Waals surface area contributed by atoms with E-state index in [-0.39, 0.29) is 18.3 Å². The summed E-state index contributed by atoms with van der Waals surface area (Å²) >= 11 is 0. The van der Waals surface area contributed by atoms with Gasteiger partial charge in [0.25, 0.3) is 0 Å². The van der Waals surface area contributed by atoms with Crippen LogP contribution in [0.2, 0.25) is 0 Å². The Morgan fingerprint density at radius 3 is 2.61 bits per heavy atom. The minimum Gasteiger partial charge on any atom is -0.379 e. The Balaban J connectivity index is 0.00000289. The number of rotatable bonds is 7. The summed E-state index contributed by atoms with van der Waals surface area (Å²) in [6.07, 6.45) is 2.33. The first-order valence-electron chi connectivity index (χ1n) is 6.47. The smallest absolute Gasteiger partial charge is 0.216 e. The summed E-state index contributed by atoms with van der Waals surface area (Å²) in [6.45, 7) is 7.63. The van der Waals surface area contributed by atoms with Crippen LogP contribution in [0.5, 0.6) is 0 Å². The minimum absolute atomic E-state index is 0. The van der Waals surface area contributed by atoms with Gasteiger partial charge in [-0.1, -0.05) is 0 Å². The highest BCUT2D eigenvalue weighted by molar-refractivity contribution is 5.85. The second-order valence-corrected chi connectivity index (χ2v) is 4.62. The SMILES string of the molecule is CC(=O)NCC1CCN(CCOCCN)CC1.Cl. The van der Waals surface area contributed by atoms with E-state index in [4.69, 9.17) is 10.5 Å². The second kappa shape index (κ2) is 10.6. The van der Waals surface area contributed by atoms with Crippen LogP contribution in [0, 0.1) is 5.92 Å². The molecule has 0 unspecified atom stereocenters. The lowest BCUT2D eigenvalue weighted by molar-refractivity contribution is -0.119. The maximum Gasteiger partial charge on any atom is 0.216 e. The van der Waals surface area contributed by atoms with Gasteiger partial charge >= 0.3 is 0 Å². The van der Waals surface area contributed by atoms with E-state index in [0.29, 0.717) is 19.1 Å². The Bertz CT molecular complexity index is 221. The molecule has 1 aliphatic rings. The van der Waals surface area contributed by atoms with E-state index >= 15 is 0 Å². The zero-order valence-electron chi connectivity index (χ0n) is 11.2. The fraction of sp³-hybridized carbons (Fsp3) is 0.917. The van der Waals surface area contributed by atoms with Crippen LogP contribution in [-0.4, -0.2) is 56.7 Å². The molecule has 0 aromatic heterocycles. The number of carbonyl (C=O) groups is 1. The molecule has 0 atom stereocenters. The summed E-state index contributed by atoms with van der Waals surface area (Å²) in [5, 5.41) is 2.89. The van der Waals surface area contributed by atoms with Crippen molar-refractivity contribution in [1.82, 2.24) is 10.2 Å². The molecule has 1 rings (SSSR count). The van der Waals surface area contributed by atoms with Crippen LogP contribution in [0.1, 0.15) is 19.8 Å². The predicted molar refractivity (Wildman–Crippen MR) is 75.0 cm³/mol. The van der Waals surface area contributed by atoms with Gasteiger partial charge in [0.05, 0.1) is 13.2 Å². The van der Waals surface area contributed by atoms with Gasteiger partial charge in [0, 0.05) is 26.6 Å². The highest BCUT2D eigenvalue weighted by atomic mass is 35.5. The number of hydrogen-bond donors (Lipinski definition) is 2. The molecule has 1 aliphatic heterocycles. The molecule has 3 N–H and O–H groups in total. The van der Waals surface area contributed by atoms with Crippen molar-refractivity contribution in [2.75, 3.05) is 45.9 Å². The van der Waals surface area contributed by atoms with Crippen LogP contribution in [0.3, 0.4) is 0 Å². The van der Waals surface area contributed by atoms with Gasteiger partial charge in [-0.25, -0.2) is 0 Å². The summed E-state index contributed by atoms with van der Waals surface area (Å²) in [6, 6.07) is 0. The standard InChI is InChI=1S/C12H25N3O2.ClH/c1-11(16)14-10-12-2-5-15(6-3-12)7-9-17-8-4-13;/h12H,2-10,13H2,1H3,(H,14,16);1H. The lowest BCUT2D eigenvalue weighted by Gasteiger charge is -2.31. The van der Waals surface area contributed by atoms with E-state index < -0.39 is 0 Å². The number of nitrogens with one attached hydrogen (secondary N) is 1. The van der Waals surface area contributed by atoms with Crippen molar-refractivity contribution < 1.29 is 9.53 Å². The van der Waals surface area contributed by atoms with Crippen molar-refractivity contribution in [2.45, 2.75) is 19.8 Å². The third-order valence-electron chi connectivity index (χ3n) is 3.16. The highest BCUT2D eigenvalue weighted by Gasteiger charge is 2.18. The van der Waals surface area contributed by atoms with E-state index in [9.17, 15) is 4.79 Å². The highest BCUT2D eigenvalue weighted by Crippen LogP contribution is 2.15. The molecule has 5 nitrogen and oxygen atoms in total. The Kier molecular flexibility index (Phi) is 10.3. The van der Waals surface area contributed by atoms with Crippen molar-refractivity contribution in [3.05, 3.63) is 0 Å². The zero-order chi connectivity index (χ0) is 12.5. The maximum absolute atomic E-state index is 10.8.